The third-order valence-corrected chi connectivity index (χ3v) is 4.49. The molecule has 2 aliphatic rings. The van der Waals surface area contributed by atoms with E-state index in [1.807, 2.05) is 0 Å². The van der Waals surface area contributed by atoms with Crippen LogP contribution in [0.5, 0.6) is 0 Å². The van der Waals surface area contributed by atoms with Gasteiger partial charge in [-0.15, -0.1) is 0 Å². The van der Waals surface area contributed by atoms with E-state index in [2.05, 4.69) is 29.4 Å². The largest absolute Gasteiger partial charge is 0.354 e. The number of hydrogen-bond acceptors (Lipinski definition) is 3. The zero-order chi connectivity index (χ0) is 13.7. The Kier molecular flexibility index (Phi) is 5.64. The van der Waals surface area contributed by atoms with Crippen LogP contribution in [0.1, 0.15) is 46.0 Å². The van der Waals surface area contributed by atoms with Crippen molar-refractivity contribution in [1.29, 1.82) is 0 Å². The second-order valence-electron chi connectivity index (χ2n) is 6.34. The van der Waals surface area contributed by atoms with Gasteiger partial charge in [-0.05, 0) is 52.1 Å². The van der Waals surface area contributed by atoms with Crippen molar-refractivity contribution in [2.24, 2.45) is 5.92 Å². The summed E-state index contributed by atoms with van der Waals surface area (Å²) in [7, 11) is 0. The normalized spacial score (nSPS) is 29.4. The first-order valence-electron chi connectivity index (χ1n) is 7.92. The molecule has 0 radical (unpaired) electrons. The van der Waals surface area contributed by atoms with E-state index in [1.165, 1.54) is 32.2 Å². The Morgan fingerprint density at radius 3 is 2.89 bits per heavy atom. The molecular formula is C15H29N3O. The molecule has 2 atom stereocenters. The molecule has 0 aliphatic carbocycles. The van der Waals surface area contributed by atoms with Crippen LogP contribution in [0.15, 0.2) is 0 Å². The van der Waals surface area contributed by atoms with Gasteiger partial charge in [0.15, 0.2) is 0 Å². The van der Waals surface area contributed by atoms with Crippen LogP contribution < -0.4 is 10.6 Å². The summed E-state index contributed by atoms with van der Waals surface area (Å²) in [6, 6.07) is 0.675. The maximum Gasteiger partial charge on any atom is 0.237 e. The zero-order valence-corrected chi connectivity index (χ0v) is 12.5. The van der Waals surface area contributed by atoms with Crippen molar-refractivity contribution in [3.05, 3.63) is 0 Å². The fourth-order valence-corrected chi connectivity index (χ4v) is 3.12. The Morgan fingerprint density at radius 2 is 2.16 bits per heavy atom. The van der Waals surface area contributed by atoms with Crippen molar-refractivity contribution in [1.82, 2.24) is 15.5 Å². The van der Waals surface area contributed by atoms with Gasteiger partial charge in [0, 0.05) is 19.1 Å². The fourth-order valence-electron chi connectivity index (χ4n) is 3.12. The lowest BCUT2D eigenvalue weighted by Gasteiger charge is -2.21. The van der Waals surface area contributed by atoms with E-state index in [1.54, 1.807) is 0 Å². The van der Waals surface area contributed by atoms with Gasteiger partial charge in [-0.25, -0.2) is 0 Å². The number of carbonyl (C=O) groups is 1. The van der Waals surface area contributed by atoms with Gasteiger partial charge in [0.05, 0.1) is 6.04 Å². The SMILES string of the molecule is CC(C)N1CCC(CNC(=O)C2CCCCCN2)C1. The third-order valence-electron chi connectivity index (χ3n) is 4.49. The minimum Gasteiger partial charge on any atom is -0.354 e. The van der Waals surface area contributed by atoms with Gasteiger partial charge in [-0.2, -0.15) is 0 Å². The number of rotatable bonds is 4. The molecule has 0 aromatic rings. The maximum absolute atomic E-state index is 12.1. The van der Waals surface area contributed by atoms with E-state index < -0.39 is 0 Å². The minimum absolute atomic E-state index is 0.0464. The number of carbonyl (C=O) groups excluding carboxylic acids is 1. The summed E-state index contributed by atoms with van der Waals surface area (Å²) in [4.78, 5) is 14.6. The van der Waals surface area contributed by atoms with Gasteiger partial charge in [0.1, 0.15) is 0 Å². The highest BCUT2D eigenvalue weighted by Crippen LogP contribution is 2.17. The van der Waals surface area contributed by atoms with E-state index in [0.29, 0.717) is 12.0 Å². The summed E-state index contributed by atoms with van der Waals surface area (Å²) in [6.45, 7) is 8.64. The maximum atomic E-state index is 12.1. The Morgan fingerprint density at radius 1 is 1.32 bits per heavy atom. The summed E-state index contributed by atoms with van der Waals surface area (Å²) in [6.07, 6.45) is 5.85. The molecule has 2 fully saturated rings. The molecule has 19 heavy (non-hydrogen) atoms. The van der Waals surface area contributed by atoms with Crippen molar-refractivity contribution in [3.63, 3.8) is 0 Å². The van der Waals surface area contributed by atoms with E-state index in [4.69, 9.17) is 0 Å². The van der Waals surface area contributed by atoms with Crippen LogP contribution in [0.4, 0.5) is 0 Å². The lowest BCUT2D eigenvalue weighted by Crippen LogP contribution is -2.45. The Balaban J connectivity index is 1.69. The van der Waals surface area contributed by atoms with Crippen molar-refractivity contribution >= 4 is 5.91 Å². The molecule has 110 valence electrons. The quantitative estimate of drug-likeness (QED) is 0.808. The lowest BCUT2D eigenvalue weighted by atomic mass is 10.1. The summed E-state index contributed by atoms with van der Waals surface area (Å²) < 4.78 is 0. The summed E-state index contributed by atoms with van der Waals surface area (Å²) in [5.41, 5.74) is 0. The van der Waals surface area contributed by atoms with Gasteiger partial charge < -0.3 is 15.5 Å². The molecule has 0 spiro atoms. The number of nitrogens with zero attached hydrogens (tertiary/aromatic N) is 1. The number of hydrogen-bond donors (Lipinski definition) is 2. The minimum atomic E-state index is 0.0464. The Bertz CT molecular complexity index is 285. The molecule has 2 saturated heterocycles. The molecule has 2 unspecified atom stereocenters. The van der Waals surface area contributed by atoms with Gasteiger partial charge >= 0.3 is 0 Å². The Labute approximate surface area is 117 Å². The van der Waals surface area contributed by atoms with E-state index in [-0.39, 0.29) is 11.9 Å². The molecule has 4 nitrogen and oxygen atoms in total. The standard InChI is InChI=1S/C15H29N3O/c1-12(2)18-9-7-13(11-18)10-17-15(19)14-6-4-3-5-8-16-14/h12-14,16H,3-11H2,1-2H3,(H,17,19). The second-order valence-corrected chi connectivity index (χ2v) is 6.34. The highest BCUT2D eigenvalue weighted by molar-refractivity contribution is 5.81. The van der Waals surface area contributed by atoms with Crippen molar-refractivity contribution in [2.75, 3.05) is 26.2 Å². The first-order chi connectivity index (χ1) is 9.16. The zero-order valence-electron chi connectivity index (χ0n) is 12.5. The third kappa shape index (κ3) is 4.46. The number of nitrogens with one attached hydrogen (secondary N) is 2. The van der Waals surface area contributed by atoms with Crippen LogP contribution in [0.25, 0.3) is 0 Å². The molecule has 0 bridgehead atoms. The molecule has 4 heteroatoms. The smallest absolute Gasteiger partial charge is 0.237 e. The predicted molar refractivity (Wildman–Crippen MR) is 78.1 cm³/mol. The van der Waals surface area contributed by atoms with Crippen molar-refractivity contribution in [2.45, 2.75) is 58.0 Å². The predicted octanol–water partition coefficient (Wildman–Crippen LogP) is 1.37. The monoisotopic (exact) mass is 267 g/mol. The molecule has 2 aliphatic heterocycles. The van der Waals surface area contributed by atoms with Crippen LogP contribution in [-0.4, -0.2) is 49.1 Å². The van der Waals surface area contributed by atoms with Gasteiger partial charge in [0.2, 0.25) is 5.91 Å². The van der Waals surface area contributed by atoms with E-state index >= 15 is 0 Å². The van der Waals surface area contributed by atoms with Crippen LogP contribution in [0.2, 0.25) is 0 Å². The molecule has 0 aromatic carbocycles. The van der Waals surface area contributed by atoms with Gasteiger partial charge in [0.25, 0.3) is 0 Å². The first-order valence-corrected chi connectivity index (χ1v) is 7.92. The molecule has 0 saturated carbocycles. The summed E-state index contributed by atoms with van der Waals surface area (Å²) >= 11 is 0. The molecule has 2 rings (SSSR count). The average Bonchev–Trinajstić information content (AvgIpc) is 2.70. The number of likely N-dealkylation sites (tertiary alicyclic amines) is 1. The van der Waals surface area contributed by atoms with Crippen LogP contribution in [0.3, 0.4) is 0 Å². The fraction of sp³-hybridized carbons (Fsp3) is 0.933. The molecule has 0 aromatic heterocycles. The summed E-state index contributed by atoms with van der Waals surface area (Å²) in [5, 5.41) is 6.51. The van der Waals surface area contributed by atoms with Gasteiger partial charge in [-0.3, -0.25) is 4.79 Å². The second kappa shape index (κ2) is 7.25. The van der Waals surface area contributed by atoms with Crippen LogP contribution >= 0.6 is 0 Å². The average molecular weight is 267 g/mol. The lowest BCUT2D eigenvalue weighted by molar-refractivity contribution is -0.123. The Hall–Kier alpha value is -0.610. The van der Waals surface area contributed by atoms with Crippen molar-refractivity contribution in [3.8, 4) is 0 Å². The molecule has 2 heterocycles. The summed E-state index contributed by atoms with van der Waals surface area (Å²) in [5.74, 6) is 0.849. The van der Waals surface area contributed by atoms with Gasteiger partial charge in [-0.1, -0.05) is 12.8 Å². The van der Waals surface area contributed by atoms with Crippen molar-refractivity contribution < 1.29 is 4.79 Å². The number of amides is 1. The molecular weight excluding hydrogens is 238 g/mol. The van der Waals surface area contributed by atoms with E-state index in [9.17, 15) is 4.79 Å². The highest BCUT2D eigenvalue weighted by atomic mass is 16.2. The topological polar surface area (TPSA) is 44.4 Å². The highest BCUT2D eigenvalue weighted by Gasteiger charge is 2.25. The van der Waals surface area contributed by atoms with Crippen LogP contribution in [0, 0.1) is 5.92 Å². The first kappa shape index (κ1) is 14.8. The van der Waals surface area contributed by atoms with Crippen LogP contribution in [-0.2, 0) is 4.79 Å². The van der Waals surface area contributed by atoms with E-state index in [0.717, 1.165) is 26.1 Å². The molecule has 2 N–H and O–H groups in total. The molecule has 1 amide bonds.